The molecule has 0 fully saturated rings. The topological polar surface area (TPSA) is 48.0 Å². The molecule has 1 aliphatic heterocycles. The molecule has 1 unspecified atom stereocenters. The highest BCUT2D eigenvalue weighted by atomic mass is 16.5. The Morgan fingerprint density at radius 3 is 2.52 bits per heavy atom. The van der Waals surface area contributed by atoms with Crippen LogP contribution in [0.5, 0.6) is 11.5 Å². The summed E-state index contributed by atoms with van der Waals surface area (Å²) in [6, 6.07) is 4.28. The van der Waals surface area contributed by atoms with E-state index >= 15 is 0 Å². The van der Waals surface area contributed by atoms with E-state index in [0.717, 1.165) is 30.9 Å². The van der Waals surface area contributed by atoms with Gasteiger partial charge in [-0.05, 0) is 43.1 Å². The molecule has 1 aromatic rings. The fourth-order valence-corrected chi connectivity index (χ4v) is 2.89. The summed E-state index contributed by atoms with van der Waals surface area (Å²) in [4.78, 5) is 13.7. The molecule has 0 saturated heterocycles. The van der Waals surface area contributed by atoms with Crippen LogP contribution in [0.15, 0.2) is 12.1 Å². The third-order valence-corrected chi connectivity index (χ3v) is 4.12. The maximum atomic E-state index is 11.4. The molecule has 0 amide bonds. The molecule has 1 heterocycles. The highest BCUT2D eigenvalue weighted by molar-refractivity contribution is 5.69. The zero-order valence-corrected chi connectivity index (χ0v) is 13.1. The van der Waals surface area contributed by atoms with Gasteiger partial charge < -0.3 is 14.2 Å². The number of hydrogen-bond acceptors (Lipinski definition) is 5. The van der Waals surface area contributed by atoms with Crippen molar-refractivity contribution in [3.05, 3.63) is 23.3 Å². The second-order valence-electron chi connectivity index (χ2n) is 5.27. The van der Waals surface area contributed by atoms with Gasteiger partial charge >= 0.3 is 5.97 Å². The fourth-order valence-electron chi connectivity index (χ4n) is 2.89. The van der Waals surface area contributed by atoms with E-state index in [1.54, 1.807) is 14.2 Å². The summed E-state index contributed by atoms with van der Waals surface area (Å²) >= 11 is 0. The van der Waals surface area contributed by atoms with Gasteiger partial charge in [-0.15, -0.1) is 0 Å². The quantitative estimate of drug-likeness (QED) is 0.779. The van der Waals surface area contributed by atoms with E-state index in [1.807, 2.05) is 12.1 Å². The van der Waals surface area contributed by atoms with E-state index in [1.165, 1.54) is 18.2 Å². The normalized spacial score (nSPS) is 18.0. The Morgan fingerprint density at radius 1 is 1.24 bits per heavy atom. The first-order valence-corrected chi connectivity index (χ1v) is 7.12. The van der Waals surface area contributed by atoms with Crippen molar-refractivity contribution in [2.24, 2.45) is 0 Å². The van der Waals surface area contributed by atoms with Gasteiger partial charge in [-0.1, -0.05) is 0 Å². The van der Waals surface area contributed by atoms with Crippen LogP contribution in [-0.2, 0) is 16.0 Å². The van der Waals surface area contributed by atoms with Crippen LogP contribution < -0.4 is 9.47 Å². The molecule has 5 heteroatoms. The maximum absolute atomic E-state index is 11.4. The molecule has 0 radical (unpaired) electrons. The van der Waals surface area contributed by atoms with E-state index in [4.69, 9.17) is 14.2 Å². The number of ether oxygens (including phenoxy) is 3. The Labute approximate surface area is 125 Å². The lowest BCUT2D eigenvalue weighted by Crippen LogP contribution is -2.32. The monoisotopic (exact) mass is 293 g/mol. The predicted octanol–water partition coefficient (Wildman–Crippen LogP) is 2.19. The maximum Gasteiger partial charge on any atom is 0.305 e. The standard InChI is InChI=1S/C16H23NO4/c1-17-8-7-11-9-14(19-2)15(20-3)10-12(11)13(17)5-6-16(18)21-4/h9-10,13H,5-8H2,1-4H3. The minimum Gasteiger partial charge on any atom is -0.493 e. The van der Waals surface area contributed by atoms with E-state index in [2.05, 4.69) is 11.9 Å². The number of benzene rings is 1. The van der Waals surface area contributed by atoms with Gasteiger partial charge in [0.05, 0.1) is 21.3 Å². The van der Waals surface area contributed by atoms with Gasteiger partial charge in [0.2, 0.25) is 0 Å². The Bertz CT molecular complexity index is 515. The van der Waals surface area contributed by atoms with E-state index in [-0.39, 0.29) is 12.0 Å². The summed E-state index contributed by atoms with van der Waals surface area (Å²) < 4.78 is 15.5. The molecule has 1 atom stereocenters. The molecular weight excluding hydrogens is 270 g/mol. The highest BCUT2D eigenvalue weighted by Gasteiger charge is 2.27. The average Bonchev–Trinajstić information content (AvgIpc) is 2.52. The summed E-state index contributed by atoms with van der Waals surface area (Å²) in [6.45, 7) is 0.967. The summed E-state index contributed by atoms with van der Waals surface area (Å²) in [5.74, 6) is 1.32. The summed E-state index contributed by atoms with van der Waals surface area (Å²) in [7, 11) is 6.80. The molecule has 21 heavy (non-hydrogen) atoms. The lowest BCUT2D eigenvalue weighted by Gasteiger charge is -2.35. The van der Waals surface area contributed by atoms with Crippen molar-refractivity contribution in [1.82, 2.24) is 4.90 Å². The first kappa shape index (κ1) is 15.6. The van der Waals surface area contributed by atoms with Crippen LogP contribution in [0.3, 0.4) is 0 Å². The molecular formula is C16H23NO4. The number of nitrogens with zero attached hydrogens (tertiary/aromatic N) is 1. The molecule has 5 nitrogen and oxygen atoms in total. The van der Waals surface area contributed by atoms with Crippen LogP contribution in [0, 0.1) is 0 Å². The lowest BCUT2D eigenvalue weighted by molar-refractivity contribution is -0.141. The second-order valence-corrected chi connectivity index (χ2v) is 5.27. The highest BCUT2D eigenvalue weighted by Crippen LogP contribution is 2.39. The number of carbonyl (C=O) groups is 1. The van der Waals surface area contributed by atoms with Crippen molar-refractivity contribution < 1.29 is 19.0 Å². The molecule has 1 aromatic carbocycles. The van der Waals surface area contributed by atoms with Crippen LogP contribution in [0.25, 0.3) is 0 Å². The number of carbonyl (C=O) groups excluding carboxylic acids is 1. The summed E-state index contributed by atoms with van der Waals surface area (Å²) in [6.07, 6.45) is 2.13. The minimum atomic E-state index is -0.170. The largest absolute Gasteiger partial charge is 0.493 e. The zero-order chi connectivity index (χ0) is 15.4. The van der Waals surface area contributed by atoms with Gasteiger partial charge in [0.15, 0.2) is 11.5 Å². The van der Waals surface area contributed by atoms with Gasteiger partial charge in [0.25, 0.3) is 0 Å². The molecule has 0 aliphatic carbocycles. The van der Waals surface area contributed by atoms with Crippen LogP contribution in [-0.4, -0.2) is 45.8 Å². The van der Waals surface area contributed by atoms with Crippen LogP contribution in [0.2, 0.25) is 0 Å². The van der Waals surface area contributed by atoms with Crippen molar-refractivity contribution in [3.63, 3.8) is 0 Å². The molecule has 0 N–H and O–H groups in total. The fraction of sp³-hybridized carbons (Fsp3) is 0.562. The first-order valence-electron chi connectivity index (χ1n) is 7.12. The van der Waals surface area contributed by atoms with Crippen molar-refractivity contribution in [2.45, 2.75) is 25.3 Å². The van der Waals surface area contributed by atoms with E-state index in [9.17, 15) is 4.79 Å². The van der Waals surface area contributed by atoms with Crippen molar-refractivity contribution >= 4 is 5.97 Å². The Hall–Kier alpha value is -1.75. The number of methoxy groups -OCH3 is 3. The molecule has 116 valence electrons. The zero-order valence-electron chi connectivity index (χ0n) is 13.1. The minimum absolute atomic E-state index is 0.170. The van der Waals surface area contributed by atoms with Gasteiger partial charge in [-0.2, -0.15) is 0 Å². The molecule has 0 aromatic heterocycles. The SMILES string of the molecule is COC(=O)CCC1c2cc(OC)c(OC)cc2CCN1C. The third kappa shape index (κ3) is 3.29. The van der Waals surface area contributed by atoms with Gasteiger partial charge in [0, 0.05) is 19.0 Å². The molecule has 0 spiro atoms. The second kappa shape index (κ2) is 6.80. The summed E-state index contributed by atoms with van der Waals surface area (Å²) in [5, 5.41) is 0. The van der Waals surface area contributed by atoms with Gasteiger partial charge in [0.1, 0.15) is 0 Å². The lowest BCUT2D eigenvalue weighted by atomic mass is 9.89. The Kier molecular flexibility index (Phi) is 5.07. The van der Waals surface area contributed by atoms with Crippen molar-refractivity contribution in [2.75, 3.05) is 34.9 Å². The molecule has 1 aliphatic rings. The number of fused-ring (bicyclic) bond motifs is 1. The number of esters is 1. The Balaban J connectivity index is 2.30. The molecule has 0 saturated carbocycles. The third-order valence-electron chi connectivity index (χ3n) is 4.12. The van der Waals surface area contributed by atoms with E-state index < -0.39 is 0 Å². The molecule has 2 rings (SSSR count). The number of likely N-dealkylation sites (N-methyl/N-ethyl adjacent to an activating group) is 1. The van der Waals surface area contributed by atoms with Crippen LogP contribution >= 0.6 is 0 Å². The van der Waals surface area contributed by atoms with E-state index in [0.29, 0.717) is 6.42 Å². The number of rotatable bonds is 5. The van der Waals surface area contributed by atoms with Crippen molar-refractivity contribution in [1.29, 1.82) is 0 Å². The van der Waals surface area contributed by atoms with Crippen LogP contribution in [0.1, 0.15) is 30.0 Å². The van der Waals surface area contributed by atoms with Crippen LogP contribution in [0.4, 0.5) is 0 Å². The summed E-state index contributed by atoms with van der Waals surface area (Å²) in [5.41, 5.74) is 2.48. The smallest absolute Gasteiger partial charge is 0.305 e. The average molecular weight is 293 g/mol. The van der Waals surface area contributed by atoms with Crippen molar-refractivity contribution in [3.8, 4) is 11.5 Å². The van der Waals surface area contributed by atoms with Gasteiger partial charge in [-0.3, -0.25) is 9.69 Å². The predicted molar refractivity (Wildman–Crippen MR) is 79.9 cm³/mol. The first-order chi connectivity index (χ1) is 10.1. The Morgan fingerprint density at radius 2 is 1.90 bits per heavy atom. The van der Waals surface area contributed by atoms with Gasteiger partial charge in [-0.25, -0.2) is 0 Å². The number of hydrogen-bond donors (Lipinski definition) is 0. The molecule has 0 bridgehead atoms.